The molecule has 0 bridgehead atoms. The summed E-state index contributed by atoms with van der Waals surface area (Å²) in [7, 11) is 0. The van der Waals surface area contributed by atoms with Gasteiger partial charge in [-0.15, -0.1) is 0 Å². The van der Waals surface area contributed by atoms with Crippen LogP contribution in [-0.4, -0.2) is 19.7 Å². The van der Waals surface area contributed by atoms with Gasteiger partial charge < -0.3 is 10.1 Å². The van der Waals surface area contributed by atoms with E-state index < -0.39 is 0 Å². The van der Waals surface area contributed by atoms with Crippen LogP contribution in [-0.2, 0) is 12.8 Å². The third kappa shape index (κ3) is 1.94. The lowest BCUT2D eigenvalue weighted by Crippen LogP contribution is -2.15. The topological polar surface area (TPSA) is 21.3 Å². The van der Waals surface area contributed by atoms with Crippen molar-refractivity contribution >= 4 is 0 Å². The second kappa shape index (κ2) is 4.46. The van der Waals surface area contributed by atoms with E-state index in [-0.39, 0.29) is 0 Å². The maximum Gasteiger partial charge on any atom is 0.122 e. The normalized spacial score (nSPS) is 23.4. The van der Waals surface area contributed by atoms with Gasteiger partial charge in [0.2, 0.25) is 0 Å². The summed E-state index contributed by atoms with van der Waals surface area (Å²) in [6.45, 7) is 3.15. The highest BCUT2D eigenvalue weighted by molar-refractivity contribution is 5.42. The van der Waals surface area contributed by atoms with Crippen molar-refractivity contribution < 1.29 is 4.74 Å². The van der Waals surface area contributed by atoms with E-state index in [1.807, 2.05) is 0 Å². The van der Waals surface area contributed by atoms with Crippen molar-refractivity contribution in [2.24, 2.45) is 5.92 Å². The van der Waals surface area contributed by atoms with Crippen LogP contribution >= 0.6 is 0 Å². The minimum Gasteiger partial charge on any atom is -0.493 e. The number of rotatable bonds is 3. The van der Waals surface area contributed by atoms with Crippen molar-refractivity contribution in [3.63, 3.8) is 0 Å². The van der Waals surface area contributed by atoms with Crippen LogP contribution in [0.3, 0.4) is 0 Å². The van der Waals surface area contributed by atoms with Gasteiger partial charge in [-0.2, -0.15) is 0 Å². The van der Waals surface area contributed by atoms with Crippen molar-refractivity contribution in [3.8, 4) is 5.75 Å². The summed E-state index contributed by atoms with van der Waals surface area (Å²) in [6, 6.07) is 6.51. The van der Waals surface area contributed by atoms with Gasteiger partial charge in [0.05, 0.1) is 6.61 Å². The van der Waals surface area contributed by atoms with Gasteiger partial charge >= 0.3 is 0 Å². The Hall–Kier alpha value is -1.02. The number of aryl methyl sites for hydroxylation is 1. The lowest BCUT2D eigenvalue weighted by atomic mass is 10.1. The first-order valence-electron chi connectivity index (χ1n) is 6.38. The Morgan fingerprint density at radius 3 is 3.19 bits per heavy atom. The van der Waals surface area contributed by atoms with Gasteiger partial charge in [0, 0.05) is 12.5 Å². The number of hydrogen-bond acceptors (Lipinski definition) is 2. The van der Waals surface area contributed by atoms with Crippen molar-refractivity contribution in [2.75, 3.05) is 19.7 Å². The molecule has 1 atom stereocenters. The molecule has 1 aliphatic heterocycles. The quantitative estimate of drug-likeness (QED) is 0.837. The molecule has 2 heteroatoms. The van der Waals surface area contributed by atoms with Crippen LogP contribution < -0.4 is 10.1 Å². The molecule has 1 heterocycles. The van der Waals surface area contributed by atoms with Crippen molar-refractivity contribution in [3.05, 3.63) is 29.3 Å². The number of hydrogen-bond donors (Lipinski definition) is 1. The molecule has 1 fully saturated rings. The van der Waals surface area contributed by atoms with Gasteiger partial charge in [0.15, 0.2) is 0 Å². The van der Waals surface area contributed by atoms with Crippen LogP contribution in [0.4, 0.5) is 0 Å². The summed E-state index contributed by atoms with van der Waals surface area (Å²) >= 11 is 0. The molecule has 0 aromatic heterocycles. The summed E-state index contributed by atoms with van der Waals surface area (Å²) in [5, 5.41) is 3.38. The molecule has 0 amide bonds. The van der Waals surface area contributed by atoms with Crippen LogP contribution in [0, 0.1) is 5.92 Å². The predicted molar refractivity (Wildman–Crippen MR) is 64.9 cm³/mol. The maximum absolute atomic E-state index is 5.99. The Balaban J connectivity index is 1.67. The second-order valence-corrected chi connectivity index (χ2v) is 4.92. The zero-order chi connectivity index (χ0) is 10.8. The Morgan fingerprint density at radius 2 is 2.31 bits per heavy atom. The smallest absolute Gasteiger partial charge is 0.122 e. The number of nitrogens with one attached hydrogen (secondary N) is 1. The lowest BCUT2D eigenvalue weighted by Gasteiger charge is -2.13. The van der Waals surface area contributed by atoms with Crippen molar-refractivity contribution in [1.82, 2.24) is 5.32 Å². The summed E-state index contributed by atoms with van der Waals surface area (Å²) in [6.07, 6.45) is 4.99. The monoisotopic (exact) mass is 217 g/mol. The second-order valence-electron chi connectivity index (χ2n) is 4.92. The van der Waals surface area contributed by atoms with E-state index in [0.717, 1.165) is 25.4 Å². The SMILES string of the molecule is c1cc2c(c(OCC3CCNC3)c1)CCC2. The van der Waals surface area contributed by atoms with Gasteiger partial charge in [0.1, 0.15) is 5.75 Å². The van der Waals surface area contributed by atoms with Crippen LogP contribution in [0.25, 0.3) is 0 Å². The highest BCUT2D eigenvalue weighted by Gasteiger charge is 2.18. The van der Waals surface area contributed by atoms with E-state index in [0.29, 0.717) is 5.92 Å². The molecule has 1 aliphatic carbocycles. The molecular weight excluding hydrogens is 198 g/mol. The summed E-state index contributed by atoms with van der Waals surface area (Å²) < 4.78 is 5.99. The molecule has 2 aliphatic rings. The zero-order valence-corrected chi connectivity index (χ0v) is 9.67. The molecule has 1 unspecified atom stereocenters. The van der Waals surface area contributed by atoms with Crippen LogP contribution in [0.2, 0.25) is 0 Å². The lowest BCUT2D eigenvalue weighted by molar-refractivity contribution is 0.258. The minimum absolute atomic E-state index is 0.706. The average molecular weight is 217 g/mol. The van der Waals surface area contributed by atoms with E-state index in [1.54, 1.807) is 0 Å². The van der Waals surface area contributed by atoms with Gasteiger partial charge in [-0.3, -0.25) is 0 Å². The van der Waals surface area contributed by atoms with Crippen LogP contribution in [0.1, 0.15) is 24.0 Å². The number of ether oxygens (including phenoxy) is 1. The molecule has 1 aromatic carbocycles. The third-order valence-electron chi connectivity index (χ3n) is 3.74. The fourth-order valence-electron chi connectivity index (χ4n) is 2.78. The number of fused-ring (bicyclic) bond motifs is 1. The molecule has 16 heavy (non-hydrogen) atoms. The minimum atomic E-state index is 0.706. The van der Waals surface area contributed by atoms with E-state index in [1.165, 1.54) is 36.8 Å². The van der Waals surface area contributed by atoms with E-state index in [2.05, 4.69) is 23.5 Å². The molecule has 0 spiro atoms. The molecule has 3 rings (SSSR count). The fourth-order valence-corrected chi connectivity index (χ4v) is 2.78. The summed E-state index contributed by atoms with van der Waals surface area (Å²) in [4.78, 5) is 0. The van der Waals surface area contributed by atoms with Gasteiger partial charge in [-0.1, -0.05) is 12.1 Å². The molecule has 1 N–H and O–H groups in total. The van der Waals surface area contributed by atoms with Crippen molar-refractivity contribution in [2.45, 2.75) is 25.7 Å². The maximum atomic E-state index is 5.99. The Bertz CT molecular complexity index is 369. The first kappa shape index (κ1) is 10.2. The first-order valence-corrected chi connectivity index (χ1v) is 6.38. The first-order chi connectivity index (χ1) is 7.93. The number of benzene rings is 1. The molecular formula is C14H19NO. The Kier molecular flexibility index (Phi) is 2.83. The Morgan fingerprint density at radius 1 is 1.31 bits per heavy atom. The highest BCUT2D eigenvalue weighted by Crippen LogP contribution is 2.30. The standard InChI is InChI=1S/C14H19NO/c1-3-12-4-2-6-14(13(12)5-1)16-10-11-7-8-15-9-11/h2,4,6,11,15H,1,3,5,7-10H2. The molecule has 86 valence electrons. The van der Waals surface area contributed by atoms with E-state index in [9.17, 15) is 0 Å². The highest BCUT2D eigenvalue weighted by atomic mass is 16.5. The van der Waals surface area contributed by atoms with Gasteiger partial charge in [0.25, 0.3) is 0 Å². The fraction of sp³-hybridized carbons (Fsp3) is 0.571. The zero-order valence-electron chi connectivity index (χ0n) is 9.67. The summed E-state index contributed by atoms with van der Waals surface area (Å²) in [5.41, 5.74) is 2.97. The van der Waals surface area contributed by atoms with E-state index >= 15 is 0 Å². The van der Waals surface area contributed by atoms with Crippen LogP contribution in [0.5, 0.6) is 5.75 Å². The Labute approximate surface area is 97.0 Å². The molecule has 1 saturated heterocycles. The largest absolute Gasteiger partial charge is 0.493 e. The molecule has 0 saturated carbocycles. The molecule has 1 aromatic rings. The third-order valence-corrected chi connectivity index (χ3v) is 3.74. The van der Waals surface area contributed by atoms with Gasteiger partial charge in [-0.05, 0) is 49.4 Å². The van der Waals surface area contributed by atoms with Crippen LogP contribution in [0.15, 0.2) is 18.2 Å². The van der Waals surface area contributed by atoms with Gasteiger partial charge in [-0.25, -0.2) is 0 Å². The van der Waals surface area contributed by atoms with Crippen molar-refractivity contribution in [1.29, 1.82) is 0 Å². The molecule has 0 radical (unpaired) electrons. The predicted octanol–water partition coefficient (Wildman–Crippen LogP) is 2.16. The average Bonchev–Trinajstić information content (AvgIpc) is 2.97. The summed E-state index contributed by atoms with van der Waals surface area (Å²) in [5.74, 6) is 1.85. The molecule has 2 nitrogen and oxygen atoms in total. The van der Waals surface area contributed by atoms with E-state index in [4.69, 9.17) is 4.74 Å².